The van der Waals surface area contributed by atoms with Gasteiger partial charge < -0.3 is 19.4 Å². The first-order valence-corrected chi connectivity index (χ1v) is 8.08. The fraction of sp³-hybridized carbons (Fsp3) is 0.263. The average Bonchev–Trinajstić information content (AvgIpc) is 3.21. The van der Waals surface area contributed by atoms with E-state index in [9.17, 15) is 4.79 Å². The molecular formula is C19H19N3O3. The summed E-state index contributed by atoms with van der Waals surface area (Å²) in [5.74, 6) is 1.25. The summed E-state index contributed by atoms with van der Waals surface area (Å²) in [6.45, 7) is 0. The molecule has 0 saturated heterocycles. The molecule has 25 heavy (non-hydrogen) atoms. The number of aromatic nitrogens is 2. The van der Waals surface area contributed by atoms with Crippen molar-refractivity contribution < 1.29 is 14.3 Å². The molecule has 2 aromatic heterocycles. The van der Waals surface area contributed by atoms with E-state index in [1.54, 1.807) is 19.4 Å². The first-order chi connectivity index (χ1) is 12.1. The van der Waals surface area contributed by atoms with Gasteiger partial charge in [-0.05, 0) is 30.3 Å². The molecule has 128 valence electrons. The van der Waals surface area contributed by atoms with Gasteiger partial charge in [0.05, 0.1) is 25.8 Å². The van der Waals surface area contributed by atoms with Gasteiger partial charge in [-0.1, -0.05) is 0 Å². The SMILES string of the molecule is COC(=O)c1ccnc2c1CC(c1cc3cc(OC)ccc3n1C)N2. The van der Waals surface area contributed by atoms with E-state index in [1.807, 2.05) is 19.2 Å². The third kappa shape index (κ3) is 2.41. The van der Waals surface area contributed by atoms with Crippen LogP contribution in [0.1, 0.15) is 27.7 Å². The molecule has 3 aromatic rings. The van der Waals surface area contributed by atoms with Gasteiger partial charge in [0.2, 0.25) is 0 Å². The van der Waals surface area contributed by atoms with Crippen molar-refractivity contribution in [3.63, 3.8) is 0 Å². The van der Waals surface area contributed by atoms with Crippen LogP contribution >= 0.6 is 0 Å². The number of esters is 1. The predicted molar refractivity (Wildman–Crippen MR) is 95.1 cm³/mol. The smallest absolute Gasteiger partial charge is 0.338 e. The molecule has 6 heteroatoms. The zero-order chi connectivity index (χ0) is 17.6. The lowest BCUT2D eigenvalue weighted by Gasteiger charge is -2.12. The number of hydrogen-bond donors (Lipinski definition) is 1. The highest BCUT2D eigenvalue weighted by atomic mass is 16.5. The fourth-order valence-electron chi connectivity index (χ4n) is 3.53. The second-order valence-electron chi connectivity index (χ2n) is 6.13. The van der Waals surface area contributed by atoms with E-state index < -0.39 is 0 Å². The number of anilines is 1. The maximum atomic E-state index is 12.0. The van der Waals surface area contributed by atoms with Crippen LogP contribution in [0.5, 0.6) is 5.75 Å². The summed E-state index contributed by atoms with van der Waals surface area (Å²) in [6.07, 6.45) is 2.32. The van der Waals surface area contributed by atoms with Gasteiger partial charge in [0.25, 0.3) is 0 Å². The molecule has 0 saturated carbocycles. The van der Waals surface area contributed by atoms with Crippen molar-refractivity contribution in [1.29, 1.82) is 0 Å². The van der Waals surface area contributed by atoms with Gasteiger partial charge in [0, 0.05) is 41.8 Å². The van der Waals surface area contributed by atoms with Gasteiger partial charge in [-0.15, -0.1) is 0 Å². The number of aryl methyl sites for hydroxylation is 1. The highest BCUT2D eigenvalue weighted by Crippen LogP contribution is 2.37. The second kappa shape index (κ2) is 5.81. The Kier molecular flexibility index (Phi) is 3.60. The van der Waals surface area contributed by atoms with Gasteiger partial charge in [0.15, 0.2) is 0 Å². The van der Waals surface area contributed by atoms with Crippen molar-refractivity contribution in [1.82, 2.24) is 9.55 Å². The fourth-order valence-corrected chi connectivity index (χ4v) is 3.53. The lowest BCUT2D eigenvalue weighted by molar-refractivity contribution is 0.0599. The Balaban J connectivity index is 1.73. The number of ether oxygens (including phenoxy) is 2. The molecule has 1 atom stereocenters. The van der Waals surface area contributed by atoms with Gasteiger partial charge >= 0.3 is 5.97 Å². The number of hydrogen-bond acceptors (Lipinski definition) is 5. The van der Waals surface area contributed by atoms with E-state index in [0.29, 0.717) is 12.0 Å². The molecule has 0 amide bonds. The number of benzene rings is 1. The van der Waals surface area contributed by atoms with Crippen LogP contribution in [0.4, 0.5) is 5.82 Å². The number of pyridine rings is 1. The Morgan fingerprint density at radius 2 is 2.12 bits per heavy atom. The van der Waals surface area contributed by atoms with Gasteiger partial charge in [-0.3, -0.25) is 0 Å². The summed E-state index contributed by atoms with van der Waals surface area (Å²) in [5.41, 5.74) is 3.75. The van der Waals surface area contributed by atoms with Crippen LogP contribution in [-0.2, 0) is 18.2 Å². The van der Waals surface area contributed by atoms with Crippen LogP contribution in [0, 0.1) is 0 Å². The van der Waals surface area contributed by atoms with E-state index in [4.69, 9.17) is 9.47 Å². The van der Waals surface area contributed by atoms with Crippen molar-refractivity contribution in [3.05, 3.63) is 53.3 Å². The van der Waals surface area contributed by atoms with E-state index >= 15 is 0 Å². The third-order valence-corrected chi connectivity index (χ3v) is 4.82. The molecule has 0 aliphatic carbocycles. The summed E-state index contributed by atoms with van der Waals surface area (Å²) >= 11 is 0. The molecule has 1 aliphatic heterocycles. The maximum Gasteiger partial charge on any atom is 0.338 e. The molecule has 1 N–H and O–H groups in total. The number of nitrogens with one attached hydrogen (secondary N) is 1. The highest BCUT2D eigenvalue weighted by molar-refractivity contribution is 5.93. The van der Waals surface area contributed by atoms with Crippen molar-refractivity contribution in [3.8, 4) is 5.75 Å². The molecule has 4 rings (SSSR count). The van der Waals surface area contributed by atoms with Crippen LogP contribution in [0.15, 0.2) is 36.5 Å². The van der Waals surface area contributed by atoms with Crippen molar-refractivity contribution in [2.45, 2.75) is 12.5 Å². The van der Waals surface area contributed by atoms with Crippen LogP contribution in [-0.4, -0.2) is 29.7 Å². The van der Waals surface area contributed by atoms with E-state index in [-0.39, 0.29) is 12.0 Å². The Morgan fingerprint density at radius 1 is 1.28 bits per heavy atom. The highest BCUT2D eigenvalue weighted by Gasteiger charge is 2.29. The number of methoxy groups -OCH3 is 2. The molecule has 1 aromatic carbocycles. The van der Waals surface area contributed by atoms with Gasteiger partial charge in [-0.2, -0.15) is 0 Å². The molecular weight excluding hydrogens is 318 g/mol. The quantitative estimate of drug-likeness (QED) is 0.744. The van der Waals surface area contributed by atoms with Crippen LogP contribution in [0.3, 0.4) is 0 Å². The summed E-state index contributed by atoms with van der Waals surface area (Å²) in [5, 5.41) is 4.55. The zero-order valence-corrected chi connectivity index (χ0v) is 14.4. The van der Waals surface area contributed by atoms with Crippen LogP contribution in [0.25, 0.3) is 10.9 Å². The maximum absolute atomic E-state index is 12.0. The second-order valence-corrected chi connectivity index (χ2v) is 6.13. The van der Waals surface area contributed by atoms with Crippen molar-refractivity contribution in [2.24, 2.45) is 7.05 Å². The predicted octanol–water partition coefficient (Wildman–Crippen LogP) is 3.08. The zero-order valence-electron chi connectivity index (χ0n) is 14.4. The Morgan fingerprint density at radius 3 is 2.88 bits per heavy atom. The van der Waals surface area contributed by atoms with Crippen LogP contribution in [0.2, 0.25) is 0 Å². The van der Waals surface area contributed by atoms with Gasteiger partial charge in [0.1, 0.15) is 11.6 Å². The number of carbonyl (C=O) groups is 1. The minimum atomic E-state index is -0.331. The average molecular weight is 337 g/mol. The number of nitrogens with zero attached hydrogens (tertiary/aromatic N) is 2. The molecule has 3 heterocycles. The standard InChI is InChI=1S/C19H19N3O3/c1-22-16-5-4-12(24-2)8-11(16)9-17(22)15-10-14-13(19(23)25-3)6-7-20-18(14)21-15/h4-9,15H,10H2,1-3H3,(H,20,21). The Hall–Kier alpha value is -3.02. The summed E-state index contributed by atoms with van der Waals surface area (Å²) in [7, 11) is 5.11. The first kappa shape index (κ1) is 15.5. The molecule has 1 aliphatic rings. The number of rotatable bonds is 3. The molecule has 0 bridgehead atoms. The first-order valence-electron chi connectivity index (χ1n) is 8.08. The number of carbonyl (C=O) groups excluding carboxylic acids is 1. The molecule has 1 unspecified atom stereocenters. The largest absolute Gasteiger partial charge is 0.497 e. The van der Waals surface area contributed by atoms with Crippen LogP contribution < -0.4 is 10.1 Å². The van der Waals surface area contributed by atoms with E-state index in [1.165, 1.54) is 7.11 Å². The lowest BCUT2D eigenvalue weighted by atomic mass is 10.0. The molecule has 0 spiro atoms. The molecule has 0 radical (unpaired) electrons. The Bertz CT molecular complexity index is 977. The topological polar surface area (TPSA) is 65.4 Å². The lowest BCUT2D eigenvalue weighted by Crippen LogP contribution is -2.10. The van der Waals surface area contributed by atoms with E-state index in [0.717, 1.165) is 33.7 Å². The number of fused-ring (bicyclic) bond motifs is 2. The normalized spacial score (nSPS) is 15.7. The molecule has 6 nitrogen and oxygen atoms in total. The Labute approximate surface area is 145 Å². The summed E-state index contributed by atoms with van der Waals surface area (Å²) < 4.78 is 12.4. The summed E-state index contributed by atoms with van der Waals surface area (Å²) in [6, 6.07) is 9.95. The van der Waals surface area contributed by atoms with Crippen molar-refractivity contribution >= 4 is 22.7 Å². The van der Waals surface area contributed by atoms with Gasteiger partial charge in [-0.25, -0.2) is 9.78 Å². The monoisotopic (exact) mass is 337 g/mol. The van der Waals surface area contributed by atoms with E-state index in [2.05, 4.69) is 27.0 Å². The third-order valence-electron chi connectivity index (χ3n) is 4.82. The molecule has 0 fully saturated rings. The minimum Gasteiger partial charge on any atom is -0.497 e. The summed E-state index contributed by atoms with van der Waals surface area (Å²) in [4.78, 5) is 16.4. The van der Waals surface area contributed by atoms with Crippen molar-refractivity contribution in [2.75, 3.05) is 19.5 Å². The minimum absolute atomic E-state index is 0.0525.